The van der Waals surface area contributed by atoms with Gasteiger partial charge in [-0.2, -0.15) is 0 Å². The van der Waals surface area contributed by atoms with E-state index >= 15 is 0 Å². The molecule has 1 unspecified atom stereocenters. The maximum Gasteiger partial charge on any atom is 0.156 e. The largest absolute Gasteiger partial charge is 0.364 e. The van der Waals surface area contributed by atoms with Crippen molar-refractivity contribution < 1.29 is 0 Å². The van der Waals surface area contributed by atoms with E-state index in [1.165, 1.54) is 19.4 Å². The van der Waals surface area contributed by atoms with Crippen molar-refractivity contribution in [3.05, 3.63) is 0 Å². The zero-order valence-corrected chi connectivity index (χ0v) is 12.1. The van der Waals surface area contributed by atoms with E-state index in [9.17, 15) is 0 Å². The van der Waals surface area contributed by atoms with Crippen molar-refractivity contribution in [2.45, 2.75) is 44.9 Å². The summed E-state index contributed by atoms with van der Waals surface area (Å²) in [5, 5.41) is 5.33. The fourth-order valence-electron chi connectivity index (χ4n) is 2.18. The van der Waals surface area contributed by atoms with Crippen LogP contribution in [0.3, 0.4) is 0 Å². The number of nitrogens with zero attached hydrogens (tertiary/aromatic N) is 2. The van der Waals surface area contributed by atoms with Gasteiger partial charge in [0.05, 0.1) is 6.54 Å². The van der Waals surface area contributed by atoms with Crippen LogP contribution in [0.15, 0.2) is 4.99 Å². The van der Waals surface area contributed by atoms with Crippen molar-refractivity contribution in [2.75, 3.05) is 26.2 Å². The van der Waals surface area contributed by atoms with Crippen molar-refractivity contribution in [2.24, 2.45) is 10.9 Å². The molecule has 0 spiro atoms. The molecule has 4 heteroatoms. The van der Waals surface area contributed by atoms with Gasteiger partial charge in [0.1, 0.15) is 0 Å². The van der Waals surface area contributed by atoms with E-state index in [1.54, 1.807) is 0 Å². The Morgan fingerprint density at radius 1 is 1.47 bits per heavy atom. The second-order valence-electron chi connectivity index (χ2n) is 5.33. The molecule has 0 aromatic carbocycles. The van der Waals surface area contributed by atoms with Crippen molar-refractivity contribution in [1.29, 1.82) is 0 Å². The van der Waals surface area contributed by atoms with Crippen LogP contribution in [0, 0.1) is 5.92 Å². The lowest BCUT2D eigenvalue weighted by Crippen LogP contribution is -2.35. The zero-order chi connectivity index (χ0) is 12.3. The van der Waals surface area contributed by atoms with Crippen LogP contribution in [-0.4, -0.2) is 47.5 Å². The maximum atomic E-state index is 4.57. The lowest BCUT2D eigenvalue weighted by molar-refractivity contribution is 0.282. The van der Waals surface area contributed by atoms with Crippen LogP contribution in [0.5, 0.6) is 0 Å². The number of nitrogens with one attached hydrogen (secondary N) is 1. The van der Waals surface area contributed by atoms with Crippen LogP contribution in [0.2, 0.25) is 0 Å². The molecule has 1 aliphatic carbocycles. The van der Waals surface area contributed by atoms with Crippen molar-refractivity contribution in [3.63, 3.8) is 0 Å². The monoisotopic (exact) mass is 255 g/mol. The SMILES string of the molecule is CCN(CCNC1=NCC(C(C)C)S1)C1CC1. The average molecular weight is 255 g/mol. The Bertz CT molecular complexity index is 274. The topological polar surface area (TPSA) is 27.6 Å². The quantitative estimate of drug-likeness (QED) is 0.788. The van der Waals surface area contributed by atoms with E-state index in [0.29, 0.717) is 5.25 Å². The molecule has 17 heavy (non-hydrogen) atoms. The molecule has 1 aliphatic heterocycles. The third-order valence-corrected chi connectivity index (χ3v) is 5.06. The Morgan fingerprint density at radius 3 is 2.76 bits per heavy atom. The first-order chi connectivity index (χ1) is 8.20. The van der Waals surface area contributed by atoms with Crippen molar-refractivity contribution >= 4 is 16.9 Å². The molecule has 3 nitrogen and oxygen atoms in total. The second-order valence-corrected chi connectivity index (χ2v) is 6.56. The molecule has 1 fully saturated rings. The van der Waals surface area contributed by atoms with Gasteiger partial charge in [0.2, 0.25) is 0 Å². The van der Waals surface area contributed by atoms with Gasteiger partial charge >= 0.3 is 0 Å². The van der Waals surface area contributed by atoms with Crippen molar-refractivity contribution in [1.82, 2.24) is 10.2 Å². The molecule has 2 aliphatic rings. The number of amidine groups is 1. The molecule has 0 radical (unpaired) electrons. The van der Waals surface area contributed by atoms with Crippen LogP contribution in [0.1, 0.15) is 33.6 Å². The molecule has 1 N–H and O–H groups in total. The number of hydrogen-bond donors (Lipinski definition) is 1. The fourth-order valence-corrected chi connectivity index (χ4v) is 3.22. The second kappa shape index (κ2) is 6.10. The highest BCUT2D eigenvalue weighted by molar-refractivity contribution is 8.14. The van der Waals surface area contributed by atoms with Gasteiger partial charge in [-0.1, -0.05) is 32.5 Å². The predicted molar refractivity (Wildman–Crippen MR) is 76.8 cm³/mol. The van der Waals surface area contributed by atoms with E-state index in [0.717, 1.165) is 36.8 Å². The summed E-state index contributed by atoms with van der Waals surface area (Å²) in [6.45, 7) is 11.2. The van der Waals surface area contributed by atoms with Crippen LogP contribution in [-0.2, 0) is 0 Å². The Balaban J connectivity index is 1.62. The Morgan fingerprint density at radius 2 is 2.24 bits per heavy atom. The van der Waals surface area contributed by atoms with Gasteiger partial charge in [0.25, 0.3) is 0 Å². The number of thioether (sulfide) groups is 1. The first kappa shape index (κ1) is 13.2. The highest BCUT2D eigenvalue weighted by Crippen LogP contribution is 2.27. The number of likely N-dealkylation sites (N-methyl/N-ethyl adjacent to an activating group) is 1. The summed E-state index contributed by atoms with van der Waals surface area (Å²) in [5.41, 5.74) is 0. The molecule has 0 bridgehead atoms. The summed E-state index contributed by atoms with van der Waals surface area (Å²) in [5.74, 6) is 0.724. The van der Waals surface area contributed by atoms with Gasteiger partial charge in [-0.25, -0.2) is 0 Å². The molecule has 98 valence electrons. The van der Waals surface area contributed by atoms with E-state index < -0.39 is 0 Å². The molecule has 0 aromatic heterocycles. The molecule has 0 aromatic rings. The van der Waals surface area contributed by atoms with Gasteiger partial charge < -0.3 is 5.32 Å². The predicted octanol–water partition coefficient (Wildman–Crippen LogP) is 2.19. The summed E-state index contributed by atoms with van der Waals surface area (Å²) in [4.78, 5) is 7.15. The molecule has 1 saturated carbocycles. The summed E-state index contributed by atoms with van der Waals surface area (Å²) in [6, 6.07) is 0.878. The number of rotatable bonds is 6. The Labute approximate surface area is 109 Å². The number of aliphatic imine (C=N–C) groups is 1. The minimum absolute atomic E-state index is 0.684. The average Bonchev–Trinajstić information content (AvgIpc) is 3.03. The lowest BCUT2D eigenvalue weighted by atomic mass is 10.1. The van der Waals surface area contributed by atoms with Crippen molar-refractivity contribution in [3.8, 4) is 0 Å². The minimum Gasteiger partial charge on any atom is -0.364 e. The van der Waals surface area contributed by atoms with Crippen LogP contribution in [0.4, 0.5) is 0 Å². The highest BCUT2D eigenvalue weighted by Gasteiger charge is 2.27. The Kier molecular flexibility index (Phi) is 4.74. The van der Waals surface area contributed by atoms with Gasteiger partial charge in [-0.05, 0) is 25.3 Å². The molecule has 0 saturated heterocycles. The Hall–Kier alpha value is -0.220. The van der Waals surface area contributed by atoms with Crippen LogP contribution < -0.4 is 5.32 Å². The summed E-state index contributed by atoms with van der Waals surface area (Å²) in [6.07, 6.45) is 2.80. The molecule has 2 rings (SSSR count). The summed E-state index contributed by atoms with van der Waals surface area (Å²) >= 11 is 1.92. The molecule has 0 amide bonds. The van der Waals surface area contributed by atoms with Gasteiger partial charge in [-0.3, -0.25) is 9.89 Å². The van der Waals surface area contributed by atoms with E-state index in [4.69, 9.17) is 0 Å². The van der Waals surface area contributed by atoms with Gasteiger partial charge in [0.15, 0.2) is 5.17 Å². The molecular weight excluding hydrogens is 230 g/mol. The lowest BCUT2D eigenvalue weighted by Gasteiger charge is -2.20. The third kappa shape index (κ3) is 3.88. The standard InChI is InChI=1S/C13H25N3S/c1-4-16(11-5-6-11)8-7-14-13-15-9-12(17-13)10(2)3/h10-12H,4-9H2,1-3H3,(H,14,15). The normalized spacial score (nSPS) is 24.5. The van der Waals surface area contributed by atoms with E-state index in [2.05, 4.69) is 36.0 Å². The smallest absolute Gasteiger partial charge is 0.156 e. The van der Waals surface area contributed by atoms with Crippen LogP contribution >= 0.6 is 11.8 Å². The molecule has 1 atom stereocenters. The van der Waals surface area contributed by atoms with Gasteiger partial charge in [-0.15, -0.1) is 0 Å². The van der Waals surface area contributed by atoms with E-state index in [-0.39, 0.29) is 0 Å². The van der Waals surface area contributed by atoms with E-state index in [1.807, 2.05) is 11.8 Å². The first-order valence-electron chi connectivity index (χ1n) is 6.89. The highest BCUT2D eigenvalue weighted by atomic mass is 32.2. The maximum absolute atomic E-state index is 4.57. The summed E-state index contributed by atoms with van der Waals surface area (Å²) < 4.78 is 0. The molecular formula is C13H25N3S. The zero-order valence-electron chi connectivity index (χ0n) is 11.3. The van der Waals surface area contributed by atoms with Gasteiger partial charge in [0, 0.05) is 24.4 Å². The third-order valence-electron chi connectivity index (χ3n) is 3.57. The molecule has 1 heterocycles. The summed E-state index contributed by atoms with van der Waals surface area (Å²) in [7, 11) is 0. The first-order valence-corrected chi connectivity index (χ1v) is 7.77. The minimum atomic E-state index is 0.684. The fraction of sp³-hybridized carbons (Fsp3) is 0.923. The van der Waals surface area contributed by atoms with Crippen LogP contribution in [0.25, 0.3) is 0 Å². The number of hydrogen-bond acceptors (Lipinski definition) is 4.